The van der Waals surface area contributed by atoms with Gasteiger partial charge in [0.05, 0.1) is 6.26 Å². The lowest BCUT2D eigenvalue weighted by atomic mass is 10.2. The highest BCUT2D eigenvalue weighted by molar-refractivity contribution is 5.89. The van der Waals surface area contributed by atoms with Crippen molar-refractivity contribution in [1.29, 1.82) is 0 Å². The zero-order valence-electron chi connectivity index (χ0n) is 6.08. The standard InChI is InChI=1S/C8H12O2/c1-2-5-8(10)6-3-4-7-9/h3-4,6-7,9H,2,5H2,1H3/b6-3+,7-4+. The molecule has 0 rings (SSSR count). The molecule has 0 radical (unpaired) electrons. The first kappa shape index (κ1) is 8.95. The summed E-state index contributed by atoms with van der Waals surface area (Å²) < 4.78 is 0. The van der Waals surface area contributed by atoms with Crippen LogP contribution in [-0.2, 0) is 4.79 Å². The Morgan fingerprint density at radius 1 is 1.50 bits per heavy atom. The lowest BCUT2D eigenvalue weighted by molar-refractivity contribution is -0.114. The van der Waals surface area contributed by atoms with E-state index in [9.17, 15) is 4.79 Å². The Morgan fingerprint density at radius 3 is 2.70 bits per heavy atom. The van der Waals surface area contributed by atoms with E-state index in [0.717, 1.165) is 12.7 Å². The van der Waals surface area contributed by atoms with Gasteiger partial charge in [0.15, 0.2) is 5.78 Å². The van der Waals surface area contributed by atoms with Crippen molar-refractivity contribution in [3.8, 4) is 0 Å². The van der Waals surface area contributed by atoms with E-state index in [4.69, 9.17) is 5.11 Å². The van der Waals surface area contributed by atoms with Gasteiger partial charge in [0.2, 0.25) is 0 Å². The summed E-state index contributed by atoms with van der Waals surface area (Å²) in [6, 6.07) is 0. The zero-order chi connectivity index (χ0) is 7.82. The lowest BCUT2D eigenvalue weighted by Crippen LogP contribution is -1.88. The Hall–Kier alpha value is -1.05. The molecule has 0 saturated heterocycles. The summed E-state index contributed by atoms with van der Waals surface area (Å²) in [4.78, 5) is 10.7. The summed E-state index contributed by atoms with van der Waals surface area (Å²) in [6.45, 7) is 1.95. The van der Waals surface area contributed by atoms with Gasteiger partial charge in [0, 0.05) is 6.42 Å². The number of aliphatic hydroxyl groups excluding tert-OH is 1. The molecular weight excluding hydrogens is 128 g/mol. The van der Waals surface area contributed by atoms with E-state index in [1.165, 1.54) is 18.2 Å². The third-order valence-electron chi connectivity index (χ3n) is 0.976. The Morgan fingerprint density at radius 2 is 2.20 bits per heavy atom. The molecule has 0 saturated carbocycles. The molecule has 10 heavy (non-hydrogen) atoms. The van der Waals surface area contributed by atoms with Crippen LogP contribution in [0.3, 0.4) is 0 Å². The molecular formula is C8H12O2. The van der Waals surface area contributed by atoms with Crippen LogP contribution in [0, 0.1) is 0 Å². The predicted octanol–water partition coefficient (Wildman–Crippen LogP) is 1.98. The molecule has 0 amide bonds. The van der Waals surface area contributed by atoms with Gasteiger partial charge in [-0.1, -0.05) is 13.0 Å². The van der Waals surface area contributed by atoms with Gasteiger partial charge < -0.3 is 5.11 Å². The number of carbonyl (C=O) groups is 1. The predicted molar refractivity (Wildman–Crippen MR) is 40.8 cm³/mol. The molecule has 1 N–H and O–H groups in total. The maximum absolute atomic E-state index is 10.7. The number of hydrogen-bond acceptors (Lipinski definition) is 2. The summed E-state index contributed by atoms with van der Waals surface area (Å²) in [5, 5.41) is 8.17. The van der Waals surface area contributed by atoms with Crippen LogP contribution in [0.25, 0.3) is 0 Å². The third kappa shape index (κ3) is 5.09. The SMILES string of the molecule is CCCC(=O)/C=C/C=C/O. The van der Waals surface area contributed by atoms with E-state index in [2.05, 4.69) is 0 Å². The van der Waals surface area contributed by atoms with Crippen molar-refractivity contribution in [3.63, 3.8) is 0 Å². The summed E-state index contributed by atoms with van der Waals surface area (Å²) in [6.07, 6.45) is 6.74. The van der Waals surface area contributed by atoms with Gasteiger partial charge in [0.1, 0.15) is 0 Å². The minimum Gasteiger partial charge on any atom is -0.516 e. The van der Waals surface area contributed by atoms with Crippen LogP contribution in [0.4, 0.5) is 0 Å². The fourth-order valence-corrected chi connectivity index (χ4v) is 0.542. The van der Waals surface area contributed by atoms with Crippen LogP contribution in [-0.4, -0.2) is 10.9 Å². The van der Waals surface area contributed by atoms with E-state index in [1.807, 2.05) is 6.92 Å². The molecule has 2 heteroatoms. The zero-order valence-corrected chi connectivity index (χ0v) is 6.08. The normalized spacial score (nSPS) is 11.3. The molecule has 0 aromatic heterocycles. The average Bonchev–Trinajstić information content (AvgIpc) is 1.89. The van der Waals surface area contributed by atoms with E-state index in [0.29, 0.717) is 6.42 Å². The van der Waals surface area contributed by atoms with Gasteiger partial charge in [-0.15, -0.1) is 0 Å². The van der Waals surface area contributed by atoms with E-state index >= 15 is 0 Å². The Labute approximate surface area is 60.9 Å². The highest BCUT2D eigenvalue weighted by Crippen LogP contribution is 1.90. The van der Waals surface area contributed by atoms with Crippen LogP contribution in [0.1, 0.15) is 19.8 Å². The summed E-state index contributed by atoms with van der Waals surface area (Å²) >= 11 is 0. The van der Waals surface area contributed by atoms with Gasteiger partial charge in [0.25, 0.3) is 0 Å². The molecule has 0 unspecified atom stereocenters. The molecule has 56 valence electrons. The van der Waals surface area contributed by atoms with E-state index in [1.54, 1.807) is 0 Å². The van der Waals surface area contributed by atoms with Crippen LogP contribution in [0.2, 0.25) is 0 Å². The molecule has 0 spiro atoms. The van der Waals surface area contributed by atoms with Gasteiger partial charge in [-0.3, -0.25) is 4.79 Å². The number of rotatable bonds is 4. The van der Waals surface area contributed by atoms with Crippen LogP contribution in [0.5, 0.6) is 0 Å². The fraction of sp³-hybridized carbons (Fsp3) is 0.375. The van der Waals surface area contributed by atoms with Crippen LogP contribution in [0.15, 0.2) is 24.5 Å². The van der Waals surface area contributed by atoms with Crippen LogP contribution >= 0.6 is 0 Å². The smallest absolute Gasteiger partial charge is 0.155 e. The molecule has 0 aliphatic carbocycles. The quantitative estimate of drug-likeness (QED) is 0.368. The fourth-order valence-electron chi connectivity index (χ4n) is 0.542. The number of aliphatic hydroxyl groups is 1. The van der Waals surface area contributed by atoms with E-state index < -0.39 is 0 Å². The minimum atomic E-state index is 0.0978. The first-order valence-electron chi connectivity index (χ1n) is 3.31. The third-order valence-corrected chi connectivity index (χ3v) is 0.976. The minimum absolute atomic E-state index is 0.0978. The topological polar surface area (TPSA) is 37.3 Å². The molecule has 2 nitrogen and oxygen atoms in total. The Balaban J connectivity index is 3.56. The van der Waals surface area contributed by atoms with Gasteiger partial charge in [-0.05, 0) is 18.6 Å². The van der Waals surface area contributed by atoms with Gasteiger partial charge in [-0.25, -0.2) is 0 Å². The van der Waals surface area contributed by atoms with Crippen molar-refractivity contribution >= 4 is 5.78 Å². The second-order valence-corrected chi connectivity index (χ2v) is 1.92. The largest absolute Gasteiger partial charge is 0.516 e. The number of allylic oxidation sites excluding steroid dienone is 3. The second kappa shape index (κ2) is 6.08. The molecule has 0 aliphatic heterocycles. The average molecular weight is 140 g/mol. The summed E-state index contributed by atoms with van der Waals surface area (Å²) in [7, 11) is 0. The first-order valence-corrected chi connectivity index (χ1v) is 3.31. The van der Waals surface area contributed by atoms with E-state index in [-0.39, 0.29) is 5.78 Å². The number of ketones is 1. The first-order chi connectivity index (χ1) is 4.81. The van der Waals surface area contributed by atoms with Crippen molar-refractivity contribution < 1.29 is 9.90 Å². The molecule has 0 atom stereocenters. The lowest BCUT2D eigenvalue weighted by Gasteiger charge is -1.85. The summed E-state index contributed by atoms with van der Waals surface area (Å²) in [5.41, 5.74) is 0. The maximum atomic E-state index is 10.7. The number of carbonyl (C=O) groups excluding carboxylic acids is 1. The number of hydrogen-bond donors (Lipinski definition) is 1. The molecule has 0 aromatic carbocycles. The highest BCUT2D eigenvalue weighted by atomic mass is 16.2. The monoisotopic (exact) mass is 140 g/mol. The second-order valence-electron chi connectivity index (χ2n) is 1.92. The van der Waals surface area contributed by atoms with Crippen molar-refractivity contribution in [2.45, 2.75) is 19.8 Å². The van der Waals surface area contributed by atoms with Crippen molar-refractivity contribution in [3.05, 3.63) is 24.5 Å². The molecule has 0 bridgehead atoms. The molecule has 0 heterocycles. The van der Waals surface area contributed by atoms with Crippen LogP contribution < -0.4 is 0 Å². The van der Waals surface area contributed by atoms with Gasteiger partial charge in [-0.2, -0.15) is 0 Å². The molecule has 0 aliphatic rings. The van der Waals surface area contributed by atoms with Crippen molar-refractivity contribution in [2.24, 2.45) is 0 Å². The van der Waals surface area contributed by atoms with Crippen molar-refractivity contribution in [1.82, 2.24) is 0 Å². The molecule has 0 aromatic rings. The Bertz CT molecular complexity index is 145. The summed E-state index contributed by atoms with van der Waals surface area (Å²) in [5.74, 6) is 0.0978. The molecule has 0 fully saturated rings. The van der Waals surface area contributed by atoms with Gasteiger partial charge >= 0.3 is 0 Å². The van der Waals surface area contributed by atoms with Crippen molar-refractivity contribution in [2.75, 3.05) is 0 Å². The highest BCUT2D eigenvalue weighted by Gasteiger charge is 1.89. The maximum Gasteiger partial charge on any atom is 0.155 e. The Kier molecular flexibility index (Phi) is 5.44.